The van der Waals surface area contributed by atoms with Gasteiger partial charge in [0.1, 0.15) is 12.4 Å². The van der Waals surface area contributed by atoms with Crippen LogP contribution in [0.3, 0.4) is 0 Å². The number of rotatable bonds is 5. The second kappa shape index (κ2) is 6.88. The van der Waals surface area contributed by atoms with Crippen LogP contribution in [0.4, 0.5) is 0 Å². The SMILES string of the molecule is CC(C)C(=O)COc1ccc(-c2ccc(I)cc2)cc1. The number of hydrogen-bond acceptors (Lipinski definition) is 2. The summed E-state index contributed by atoms with van der Waals surface area (Å²) in [4.78, 5) is 11.5. The number of ketones is 1. The monoisotopic (exact) mass is 380 g/mol. The molecule has 0 unspecified atom stereocenters. The highest BCUT2D eigenvalue weighted by atomic mass is 127. The molecule has 0 fully saturated rings. The zero-order chi connectivity index (χ0) is 14.5. The molecule has 0 saturated heterocycles. The molecule has 0 aliphatic rings. The molecule has 0 saturated carbocycles. The number of hydrogen-bond donors (Lipinski definition) is 0. The molecular weight excluding hydrogens is 363 g/mol. The van der Waals surface area contributed by atoms with E-state index in [9.17, 15) is 4.79 Å². The maximum absolute atomic E-state index is 11.5. The number of halogens is 1. The zero-order valence-corrected chi connectivity index (χ0v) is 13.8. The summed E-state index contributed by atoms with van der Waals surface area (Å²) in [5, 5.41) is 0. The quantitative estimate of drug-likeness (QED) is 0.711. The Labute approximate surface area is 133 Å². The van der Waals surface area contributed by atoms with Crippen molar-refractivity contribution in [2.45, 2.75) is 13.8 Å². The van der Waals surface area contributed by atoms with Gasteiger partial charge in [0.2, 0.25) is 0 Å². The van der Waals surface area contributed by atoms with E-state index in [4.69, 9.17) is 4.74 Å². The Hall–Kier alpha value is -1.36. The van der Waals surface area contributed by atoms with E-state index in [1.165, 1.54) is 9.13 Å². The Morgan fingerprint density at radius 3 is 2.00 bits per heavy atom. The maximum atomic E-state index is 11.5. The molecule has 20 heavy (non-hydrogen) atoms. The van der Waals surface area contributed by atoms with Crippen molar-refractivity contribution in [3.63, 3.8) is 0 Å². The lowest BCUT2D eigenvalue weighted by Crippen LogP contribution is -2.16. The summed E-state index contributed by atoms with van der Waals surface area (Å²) in [5.41, 5.74) is 2.32. The lowest BCUT2D eigenvalue weighted by atomic mass is 10.1. The van der Waals surface area contributed by atoms with Crippen molar-refractivity contribution in [2.75, 3.05) is 6.61 Å². The Morgan fingerprint density at radius 1 is 1.00 bits per heavy atom. The van der Waals surface area contributed by atoms with E-state index in [-0.39, 0.29) is 18.3 Å². The topological polar surface area (TPSA) is 26.3 Å². The smallest absolute Gasteiger partial charge is 0.172 e. The molecule has 0 spiro atoms. The Balaban J connectivity index is 2.03. The van der Waals surface area contributed by atoms with Gasteiger partial charge in [-0.1, -0.05) is 38.1 Å². The van der Waals surface area contributed by atoms with E-state index in [1.54, 1.807) is 0 Å². The van der Waals surface area contributed by atoms with E-state index in [2.05, 4.69) is 46.9 Å². The standard InChI is InChI=1S/C17H17IO2/c1-12(2)17(19)11-20-16-9-5-14(6-10-16)13-3-7-15(18)8-4-13/h3-10,12H,11H2,1-2H3. The van der Waals surface area contributed by atoms with E-state index in [0.717, 1.165) is 11.3 Å². The highest BCUT2D eigenvalue weighted by molar-refractivity contribution is 14.1. The van der Waals surface area contributed by atoms with E-state index in [1.807, 2.05) is 38.1 Å². The second-order valence-electron chi connectivity index (χ2n) is 4.94. The average molecular weight is 380 g/mol. The Kier molecular flexibility index (Phi) is 5.17. The third-order valence-corrected chi connectivity index (χ3v) is 3.78. The summed E-state index contributed by atoms with van der Waals surface area (Å²) in [5.74, 6) is 0.862. The predicted octanol–water partition coefficient (Wildman–Crippen LogP) is 4.56. The van der Waals surface area contributed by atoms with Crippen LogP contribution in [0.15, 0.2) is 48.5 Å². The van der Waals surface area contributed by atoms with Crippen LogP contribution in [0.25, 0.3) is 11.1 Å². The van der Waals surface area contributed by atoms with Gasteiger partial charge in [0.25, 0.3) is 0 Å². The van der Waals surface area contributed by atoms with E-state index >= 15 is 0 Å². The van der Waals surface area contributed by atoms with Gasteiger partial charge >= 0.3 is 0 Å². The second-order valence-corrected chi connectivity index (χ2v) is 6.19. The van der Waals surface area contributed by atoms with Gasteiger partial charge in [-0.2, -0.15) is 0 Å². The average Bonchev–Trinajstić information content (AvgIpc) is 2.46. The molecule has 0 aliphatic carbocycles. The molecule has 3 heteroatoms. The molecule has 0 atom stereocenters. The third kappa shape index (κ3) is 4.07. The fraction of sp³-hybridized carbons (Fsp3) is 0.235. The minimum Gasteiger partial charge on any atom is -0.486 e. The van der Waals surface area contributed by atoms with Gasteiger partial charge in [0.05, 0.1) is 0 Å². The molecule has 0 radical (unpaired) electrons. The number of carbonyl (C=O) groups is 1. The predicted molar refractivity (Wildman–Crippen MR) is 89.9 cm³/mol. The van der Waals surface area contributed by atoms with Crippen LogP contribution in [0.2, 0.25) is 0 Å². The number of benzene rings is 2. The molecule has 0 heterocycles. The summed E-state index contributed by atoms with van der Waals surface area (Å²) < 4.78 is 6.71. The lowest BCUT2D eigenvalue weighted by Gasteiger charge is -2.08. The van der Waals surface area contributed by atoms with E-state index < -0.39 is 0 Å². The Morgan fingerprint density at radius 2 is 1.50 bits per heavy atom. The number of Topliss-reactive ketones (excluding diaryl/α,β-unsaturated/α-hetero) is 1. The van der Waals surface area contributed by atoms with Crippen molar-refractivity contribution in [3.8, 4) is 16.9 Å². The third-order valence-electron chi connectivity index (χ3n) is 3.06. The summed E-state index contributed by atoms with van der Waals surface area (Å²) in [6.07, 6.45) is 0. The number of ether oxygens (including phenoxy) is 1. The van der Waals surface area contributed by atoms with Crippen LogP contribution < -0.4 is 4.74 Å². The van der Waals surface area contributed by atoms with Gasteiger partial charge in [0.15, 0.2) is 5.78 Å². The highest BCUT2D eigenvalue weighted by Crippen LogP contribution is 2.23. The summed E-state index contributed by atoms with van der Waals surface area (Å²) in [6, 6.07) is 16.2. The van der Waals surface area contributed by atoms with Crippen LogP contribution in [0.5, 0.6) is 5.75 Å². The first kappa shape index (κ1) is 15.0. The van der Waals surface area contributed by atoms with Crippen LogP contribution in [-0.4, -0.2) is 12.4 Å². The minimum atomic E-state index is 0.0149. The molecule has 0 amide bonds. The number of carbonyl (C=O) groups excluding carboxylic acids is 1. The largest absolute Gasteiger partial charge is 0.486 e. The van der Waals surface area contributed by atoms with Crippen molar-refractivity contribution < 1.29 is 9.53 Å². The molecule has 0 aromatic heterocycles. The summed E-state index contributed by atoms with van der Waals surface area (Å²) in [7, 11) is 0. The summed E-state index contributed by atoms with van der Waals surface area (Å²) >= 11 is 2.29. The van der Waals surface area contributed by atoms with Crippen LogP contribution in [0, 0.1) is 9.49 Å². The van der Waals surface area contributed by atoms with Crippen LogP contribution in [-0.2, 0) is 4.79 Å². The van der Waals surface area contributed by atoms with Crippen LogP contribution >= 0.6 is 22.6 Å². The van der Waals surface area contributed by atoms with Crippen LogP contribution in [0.1, 0.15) is 13.8 Å². The molecule has 2 nitrogen and oxygen atoms in total. The minimum absolute atomic E-state index is 0.0149. The molecule has 0 N–H and O–H groups in total. The Bertz CT molecular complexity index is 571. The normalized spacial score (nSPS) is 10.6. The molecule has 2 aromatic carbocycles. The first-order chi connectivity index (χ1) is 9.56. The van der Waals surface area contributed by atoms with Crippen molar-refractivity contribution in [2.24, 2.45) is 5.92 Å². The summed E-state index contributed by atoms with van der Waals surface area (Å²) in [6.45, 7) is 3.90. The molecule has 0 aliphatic heterocycles. The van der Waals surface area contributed by atoms with Gasteiger partial charge in [-0.05, 0) is 58.0 Å². The molecule has 2 rings (SSSR count). The van der Waals surface area contributed by atoms with Crippen molar-refractivity contribution in [1.82, 2.24) is 0 Å². The van der Waals surface area contributed by atoms with Crippen molar-refractivity contribution in [1.29, 1.82) is 0 Å². The van der Waals surface area contributed by atoms with Crippen molar-refractivity contribution >= 4 is 28.4 Å². The molecular formula is C17H17IO2. The highest BCUT2D eigenvalue weighted by Gasteiger charge is 2.07. The maximum Gasteiger partial charge on any atom is 0.172 e. The van der Waals surface area contributed by atoms with Gasteiger partial charge < -0.3 is 4.74 Å². The van der Waals surface area contributed by atoms with Gasteiger partial charge in [0, 0.05) is 9.49 Å². The zero-order valence-electron chi connectivity index (χ0n) is 11.6. The fourth-order valence-corrected chi connectivity index (χ4v) is 2.07. The first-order valence-electron chi connectivity index (χ1n) is 6.58. The van der Waals surface area contributed by atoms with E-state index in [0.29, 0.717) is 0 Å². The van der Waals surface area contributed by atoms with Crippen molar-refractivity contribution in [3.05, 3.63) is 52.1 Å². The molecule has 2 aromatic rings. The first-order valence-corrected chi connectivity index (χ1v) is 7.65. The van der Waals surface area contributed by atoms with Gasteiger partial charge in [-0.15, -0.1) is 0 Å². The van der Waals surface area contributed by atoms with Gasteiger partial charge in [-0.3, -0.25) is 4.79 Å². The fourth-order valence-electron chi connectivity index (χ4n) is 1.71. The van der Waals surface area contributed by atoms with Gasteiger partial charge in [-0.25, -0.2) is 0 Å². The lowest BCUT2D eigenvalue weighted by molar-refractivity contribution is -0.123. The molecule has 104 valence electrons. The molecule has 0 bridgehead atoms.